The van der Waals surface area contributed by atoms with E-state index >= 15 is 0 Å². The van der Waals surface area contributed by atoms with Crippen LogP contribution in [0.25, 0.3) is 111 Å². The largest absolute Gasteiger partial charge is 0.478 e. The summed E-state index contributed by atoms with van der Waals surface area (Å²) in [5.74, 6) is -4.46. The number of amides is 1. The number of pyridine rings is 5. The summed E-state index contributed by atoms with van der Waals surface area (Å²) in [5, 5.41) is 62.7. The first kappa shape index (κ1) is 98.3. The average Bonchev–Trinajstić information content (AvgIpc) is 0.770. The maximum Gasteiger partial charge on any atom is 0.336 e. The Balaban J connectivity index is 0.000000157. The van der Waals surface area contributed by atoms with E-state index in [0.717, 1.165) is 62.8 Å². The number of alkyl halides is 1. The summed E-state index contributed by atoms with van der Waals surface area (Å²) in [5.41, 5.74) is 21.9. The summed E-state index contributed by atoms with van der Waals surface area (Å²) < 4.78 is 48.6. The summed E-state index contributed by atoms with van der Waals surface area (Å²) in [4.78, 5) is 84.1. The lowest BCUT2D eigenvalue weighted by molar-refractivity contribution is 0.0687. The fraction of sp³-hybridized carbons (Fsp3) is 0.121. The second-order valence-electron chi connectivity index (χ2n) is 30.2. The van der Waals surface area contributed by atoms with Crippen molar-refractivity contribution in [1.82, 2.24) is 30.2 Å². The molecule has 668 valence electrons. The Morgan fingerprint density at radius 3 is 0.940 bits per heavy atom. The molecule has 0 spiro atoms. The number of halogens is 1. The van der Waals surface area contributed by atoms with Gasteiger partial charge in [0, 0.05) is 107 Å². The van der Waals surface area contributed by atoms with Crippen LogP contribution < -0.4 is 11.1 Å². The van der Waals surface area contributed by atoms with Crippen LogP contribution in [0.1, 0.15) is 123 Å². The molecule has 0 aliphatic carbocycles. The van der Waals surface area contributed by atoms with Gasteiger partial charge in [-0.25, -0.2) is 60.9 Å². The van der Waals surface area contributed by atoms with Crippen molar-refractivity contribution in [3.63, 3.8) is 0 Å². The zero-order valence-electron chi connectivity index (χ0n) is 71.9. The van der Waals surface area contributed by atoms with Crippen LogP contribution in [0.2, 0.25) is 0 Å². The van der Waals surface area contributed by atoms with Gasteiger partial charge in [0.15, 0.2) is 19.7 Å². The van der Waals surface area contributed by atoms with Crippen molar-refractivity contribution in [3.05, 3.63) is 400 Å². The first-order chi connectivity index (χ1) is 63.7. The van der Waals surface area contributed by atoms with E-state index in [1.165, 1.54) is 0 Å². The standard InChI is InChI=1S/C27H23N3O3S.C18H15NO4S.C18H15NO2S.C17H12BrNO2.C17H13NO2.C9H10N2.CH4/c1-34(32,33)18-22-25(27(31)30-23(16-17-28)19-10-4-2-5-11-19)21-14-8-9-15-24(21)29-26(22)20-12-6-3-7-13-20;1-24(22,23)11-14-16(18(20)21)13-9-5-6-10-15(13)19-17(14)12-7-3-2-4-8-12;1-22-11-14-16(18(20)21)13-9-5-6-10-15(13)19-17(14)12-7-3-2-4-8-12;18-10-13-15(17(20)21)12-8-4-5-9-14(12)19-16(13)11-6-2-1-3-7-11;1-11-15(17(19)20)13-9-5-6-10-14(13)18-16(11)12-7-3-2-4-8-12;10-7-6-9(11)8-4-2-1-3-5-8;/h2-15,23H,16,18H2,1H3,(H,30,31);2-10H,11H2,1H3,(H,20,21);2-10H,11H2,1H3,(H,20,21);1-9H,10H2,(H,20,21);2-10H,1H3,(H,19,20);1-5,9H,6,11H2;1H4/t23-;;;;;9-;/m0....0./s1. The molecule has 7 N–H and O–H groups in total. The highest BCUT2D eigenvalue weighted by Gasteiger charge is 2.29. The fourth-order valence-corrected chi connectivity index (χ4v) is 17.9. The van der Waals surface area contributed by atoms with Crippen LogP contribution in [0.4, 0.5) is 0 Å². The predicted molar refractivity (Wildman–Crippen MR) is 533 cm³/mol. The summed E-state index contributed by atoms with van der Waals surface area (Å²) in [7, 11) is -6.93. The van der Waals surface area contributed by atoms with Crippen LogP contribution >= 0.6 is 27.7 Å². The van der Waals surface area contributed by atoms with E-state index in [1.807, 2.05) is 274 Å². The molecule has 5 aromatic heterocycles. The molecule has 26 heteroatoms. The number of fused-ring (bicyclic) bond motifs is 5. The van der Waals surface area contributed by atoms with Crippen molar-refractivity contribution in [2.75, 3.05) is 18.8 Å². The minimum absolute atomic E-state index is 0. The third-order valence-electron chi connectivity index (χ3n) is 21.0. The van der Waals surface area contributed by atoms with E-state index in [1.54, 1.807) is 90.6 Å². The molecule has 5 heterocycles. The Bertz CT molecular complexity index is 7400. The first-order valence-corrected chi connectivity index (χ1v) is 47.9. The molecule has 0 bridgehead atoms. The minimum Gasteiger partial charge on any atom is -0.478 e. The number of benzene rings is 12. The van der Waals surface area contributed by atoms with Crippen molar-refractivity contribution in [2.45, 2.75) is 61.9 Å². The SMILES string of the molecule is C.CS(=O)(=O)Cc1c(-c2ccccc2)nc2ccccc2c1C(=O)N[C@@H](CC#N)c1ccccc1.CS(=O)(=O)Cc1c(-c2ccccc2)nc2ccccc2c1C(=O)O.CSCc1c(-c2ccccc2)nc2ccccc2c1C(=O)O.Cc1c(-c2ccccc2)nc2ccccc2c1C(=O)O.N#CC[C@H](N)c1ccccc1.O=C(O)c1c(CBr)c(-c2ccccc2)nc2ccccc12. The summed E-state index contributed by atoms with van der Waals surface area (Å²) in [6, 6.07) is 106. The van der Waals surface area contributed by atoms with Crippen LogP contribution in [0.15, 0.2) is 334 Å². The molecule has 2 atom stereocenters. The van der Waals surface area contributed by atoms with E-state index in [2.05, 4.69) is 42.3 Å². The number of nitrogens with two attached hydrogens (primary N) is 1. The number of aromatic carboxylic acids is 4. The summed E-state index contributed by atoms with van der Waals surface area (Å²) >= 11 is 5.01. The molecule has 0 radical (unpaired) electrons. The second kappa shape index (κ2) is 46.3. The number of carboxylic acid groups (broad SMARTS) is 4. The number of carboxylic acids is 4. The van der Waals surface area contributed by atoms with Crippen LogP contribution in [-0.2, 0) is 42.3 Å². The molecule has 0 aliphatic heterocycles. The predicted octanol–water partition coefficient (Wildman–Crippen LogP) is 23.1. The molecule has 12 aromatic carbocycles. The maximum atomic E-state index is 13.8. The third-order valence-corrected chi connectivity index (χ3v) is 23.8. The van der Waals surface area contributed by atoms with Crippen molar-refractivity contribution in [1.29, 1.82) is 10.5 Å². The number of sulfone groups is 2. The highest BCUT2D eigenvalue weighted by molar-refractivity contribution is 9.08. The molecule has 133 heavy (non-hydrogen) atoms. The van der Waals surface area contributed by atoms with E-state index < -0.39 is 55.5 Å². The number of para-hydroxylation sites is 5. The Morgan fingerprint density at radius 2 is 0.624 bits per heavy atom. The number of hydrogen-bond donors (Lipinski definition) is 6. The molecule has 0 unspecified atom stereocenters. The third kappa shape index (κ3) is 24.8. The zero-order valence-corrected chi connectivity index (χ0v) is 76.0. The van der Waals surface area contributed by atoms with E-state index in [4.69, 9.17) is 21.0 Å². The Kier molecular flexibility index (Phi) is 34.2. The molecule has 1 amide bonds. The van der Waals surface area contributed by atoms with Gasteiger partial charge in [-0.2, -0.15) is 22.3 Å². The lowest BCUT2D eigenvalue weighted by Gasteiger charge is -2.20. The first-order valence-electron chi connectivity index (χ1n) is 41.3. The number of carbonyl (C=O) groups excluding carboxylic acids is 1. The number of nitriles is 2. The summed E-state index contributed by atoms with van der Waals surface area (Å²) in [6.07, 6.45) is 4.65. The van der Waals surface area contributed by atoms with Crippen LogP contribution in [0.3, 0.4) is 0 Å². The quantitative estimate of drug-likeness (QED) is 0.0343. The van der Waals surface area contributed by atoms with E-state index in [0.29, 0.717) is 128 Å². The van der Waals surface area contributed by atoms with Crippen molar-refractivity contribution >= 4 is 132 Å². The van der Waals surface area contributed by atoms with Gasteiger partial charge in [0.25, 0.3) is 5.91 Å². The van der Waals surface area contributed by atoms with Gasteiger partial charge in [-0.3, -0.25) is 4.79 Å². The number of aromatic nitrogens is 5. The Labute approximate surface area is 783 Å². The van der Waals surface area contributed by atoms with Crippen molar-refractivity contribution < 1.29 is 61.2 Å². The minimum atomic E-state index is -3.50. The number of rotatable bonds is 22. The van der Waals surface area contributed by atoms with Gasteiger partial charge in [0.1, 0.15) is 0 Å². The van der Waals surface area contributed by atoms with Gasteiger partial charge in [-0.1, -0.05) is 327 Å². The molecule has 17 aromatic rings. The molecular formula is C107H92BrN9O13S3. The van der Waals surface area contributed by atoms with Crippen LogP contribution in [0, 0.1) is 29.6 Å². The maximum absolute atomic E-state index is 13.8. The van der Waals surface area contributed by atoms with Crippen molar-refractivity contribution in [3.8, 4) is 68.4 Å². The van der Waals surface area contributed by atoms with Gasteiger partial charge in [-0.15, -0.1) is 0 Å². The van der Waals surface area contributed by atoms with E-state index in [9.17, 15) is 66.5 Å². The number of nitrogens with one attached hydrogen (secondary N) is 1. The molecule has 0 aliphatic rings. The number of thioether (sulfide) groups is 1. The Morgan fingerprint density at radius 1 is 0.368 bits per heavy atom. The topological polar surface area (TPSA) is 385 Å². The lowest BCUT2D eigenvalue weighted by Crippen LogP contribution is -2.30. The van der Waals surface area contributed by atoms with Gasteiger partial charge in [0.05, 0.1) is 126 Å². The van der Waals surface area contributed by atoms with Crippen LogP contribution in [-0.4, -0.2) is 111 Å². The molecule has 0 saturated heterocycles. The smallest absolute Gasteiger partial charge is 0.336 e. The van der Waals surface area contributed by atoms with Gasteiger partial charge >= 0.3 is 23.9 Å². The van der Waals surface area contributed by atoms with E-state index in [-0.39, 0.29) is 48.1 Å². The highest BCUT2D eigenvalue weighted by atomic mass is 79.9. The molecule has 22 nitrogen and oxygen atoms in total. The molecule has 17 rings (SSSR count). The number of hydrogen-bond acceptors (Lipinski definition) is 18. The van der Waals surface area contributed by atoms with Gasteiger partial charge in [-0.05, 0) is 60.2 Å². The number of nitrogens with zero attached hydrogens (tertiary/aromatic N) is 7. The lowest BCUT2D eigenvalue weighted by atomic mass is 9.96. The second-order valence-corrected chi connectivity index (χ2v) is 35.9. The number of carbonyl (C=O) groups is 5. The monoisotopic (exact) mass is 1890 g/mol. The normalized spacial score (nSPS) is 11.2. The molecular weight excluding hydrogens is 1800 g/mol. The zero-order chi connectivity index (χ0) is 94.0. The molecule has 0 fully saturated rings. The summed E-state index contributed by atoms with van der Waals surface area (Å²) in [6.45, 7) is 1.81. The van der Waals surface area contributed by atoms with Gasteiger partial charge < -0.3 is 31.5 Å². The van der Waals surface area contributed by atoms with Crippen LogP contribution in [0.5, 0.6) is 0 Å². The highest BCUT2D eigenvalue weighted by Crippen LogP contribution is 2.39. The average molecular weight is 1890 g/mol. The van der Waals surface area contributed by atoms with Gasteiger partial charge in [0.2, 0.25) is 0 Å². The fourth-order valence-electron chi connectivity index (χ4n) is 15.2. The Hall–Kier alpha value is -15.3. The molecule has 0 saturated carbocycles. The van der Waals surface area contributed by atoms with Crippen molar-refractivity contribution in [2.24, 2.45) is 5.73 Å².